The number of hydrogen-bond acceptors (Lipinski definition) is 7. The van der Waals surface area contributed by atoms with Crippen LogP contribution in [0.25, 0.3) is 11.3 Å². The Morgan fingerprint density at radius 3 is 2.67 bits per heavy atom. The Morgan fingerprint density at radius 2 is 1.93 bits per heavy atom. The lowest BCUT2D eigenvalue weighted by molar-refractivity contribution is -0.138. The number of rotatable bonds is 6. The Hall–Kier alpha value is -4.38. The van der Waals surface area contributed by atoms with Gasteiger partial charge in [0.05, 0.1) is 40.1 Å². The summed E-state index contributed by atoms with van der Waals surface area (Å²) in [7, 11) is 1.96. The van der Waals surface area contributed by atoms with Crippen LogP contribution in [0.5, 0.6) is 0 Å². The predicted molar refractivity (Wildman–Crippen MR) is 146 cm³/mol. The Balaban J connectivity index is 1.37. The van der Waals surface area contributed by atoms with Crippen LogP contribution < -0.4 is 10.6 Å². The fourth-order valence-corrected chi connectivity index (χ4v) is 4.83. The van der Waals surface area contributed by atoms with Crippen molar-refractivity contribution in [3.63, 3.8) is 0 Å². The minimum Gasteiger partial charge on any atom is -0.322 e. The second-order valence-corrected chi connectivity index (χ2v) is 9.85. The van der Waals surface area contributed by atoms with Crippen molar-refractivity contribution in [3.8, 4) is 11.3 Å². The number of alkyl halides is 3. The normalized spacial score (nSPS) is 16.0. The van der Waals surface area contributed by atoms with Gasteiger partial charge in [0.1, 0.15) is 0 Å². The van der Waals surface area contributed by atoms with Crippen LogP contribution in [0.2, 0.25) is 0 Å². The number of piperidine rings is 1. The second-order valence-electron chi connectivity index (χ2n) is 9.85. The minimum atomic E-state index is -4.68. The van der Waals surface area contributed by atoms with Crippen LogP contribution in [-0.2, 0) is 6.18 Å². The first-order chi connectivity index (χ1) is 19.2. The molecular weight excluding hydrogens is 519 g/mol. The summed E-state index contributed by atoms with van der Waals surface area (Å²) in [5, 5.41) is 5.65. The van der Waals surface area contributed by atoms with Gasteiger partial charge in [-0.3, -0.25) is 14.8 Å². The van der Waals surface area contributed by atoms with E-state index >= 15 is 0 Å². The summed E-state index contributed by atoms with van der Waals surface area (Å²) in [5.41, 5.74) is 1.98. The van der Waals surface area contributed by atoms with Crippen LogP contribution in [0.3, 0.4) is 0 Å². The fraction of sp³-hybridized carbons (Fsp3) is 0.276. The number of hydrogen-bond donors (Lipinski definition) is 2. The van der Waals surface area contributed by atoms with Crippen molar-refractivity contribution in [1.29, 1.82) is 0 Å². The summed E-state index contributed by atoms with van der Waals surface area (Å²) in [6.45, 7) is 3.36. The van der Waals surface area contributed by atoms with E-state index in [2.05, 4.69) is 35.5 Å². The monoisotopic (exact) mass is 547 g/mol. The number of amides is 1. The van der Waals surface area contributed by atoms with E-state index in [0.29, 0.717) is 29.2 Å². The second kappa shape index (κ2) is 11.4. The number of nitrogens with zero attached hydrogens (tertiary/aromatic N) is 5. The average molecular weight is 548 g/mol. The van der Waals surface area contributed by atoms with Gasteiger partial charge in [-0.1, -0.05) is 6.07 Å². The third-order valence-corrected chi connectivity index (χ3v) is 6.89. The molecular formula is C29H28F3N7O. The van der Waals surface area contributed by atoms with Crippen molar-refractivity contribution in [2.24, 2.45) is 0 Å². The number of benzene rings is 1. The molecule has 3 aromatic heterocycles. The first-order valence-electron chi connectivity index (χ1n) is 12.9. The van der Waals surface area contributed by atoms with E-state index in [1.807, 2.05) is 13.1 Å². The number of aromatic nitrogens is 4. The quantitative estimate of drug-likeness (QED) is 0.303. The number of halogens is 3. The first kappa shape index (κ1) is 27.2. The molecule has 11 heteroatoms. The lowest BCUT2D eigenvalue weighted by Crippen LogP contribution is -2.31. The SMILES string of the molecule is Cc1ncc(NC(=O)c2ccc(C3CCCN(C)C3)cc2C(F)(F)F)cc1Nc1nccc(-c2cccnc2)n1. The van der Waals surface area contributed by atoms with Gasteiger partial charge in [-0.15, -0.1) is 0 Å². The smallest absolute Gasteiger partial charge is 0.322 e. The van der Waals surface area contributed by atoms with Crippen molar-refractivity contribution in [2.75, 3.05) is 30.8 Å². The number of pyridine rings is 2. The van der Waals surface area contributed by atoms with Crippen LogP contribution in [0.15, 0.2) is 67.3 Å². The summed E-state index contributed by atoms with van der Waals surface area (Å²) in [4.78, 5) is 32.3. The lowest BCUT2D eigenvalue weighted by atomic mass is 9.88. The lowest BCUT2D eigenvalue weighted by Gasteiger charge is -2.30. The van der Waals surface area contributed by atoms with E-state index in [1.165, 1.54) is 12.3 Å². The molecule has 4 aromatic rings. The van der Waals surface area contributed by atoms with Crippen LogP contribution in [0, 0.1) is 6.92 Å². The van der Waals surface area contributed by atoms with Gasteiger partial charge >= 0.3 is 6.18 Å². The zero-order valence-electron chi connectivity index (χ0n) is 22.0. The van der Waals surface area contributed by atoms with Gasteiger partial charge in [0.25, 0.3) is 5.91 Å². The highest BCUT2D eigenvalue weighted by atomic mass is 19.4. The van der Waals surface area contributed by atoms with E-state index in [4.69, 9.17) is 0 Å². The number of carbonyl (C=O) groups excluding carboxylic acids is 1. The van der Waals surface area contributed by atoms with Gasteiger partial charge in [-0.2, -0.15) is 13.2 Å². The molecule has 0 bridgehead atoms. The average Bonchev–Trinajstić information content (AvgIpc) is 2.95. The molecule has 1 aromatic carbocycles. The molecule has 0 radical (unpaired) electrons. The van der Waals surface area contributed by atoms with Crippen LogP contribution >= 0.6 is 0 Å². The van der Waals surface area contributed by atoms with E-state index < -0.39 is 23.2 Å². The Labute approximate surface area is 229 Å². The highest BCUT2D eigenvalue weighted by molar-refractivity contribution is 6.05. The van der Waals surface area contributed by atoms with Gasteiger partial charge in [0.2, 0.25) is 5.95 Å². The van der Waals surface area contributed by atoms with E-state index in [0.717, 1.165) is 31.0 Å². The van der Waals surface area contributed by atoms with Crippen molar-refractivity contribution in [3.05, 3.63) is 89.6 Å². The zero-order valence-corrected chi connectivity index (χ0v) is 22.0. The first-order valence-corrected chi connectivity index (χ1v) is 12.9. The molecule has 1 amide bonds. The molecule has 1 saturated heterocycles. The number of anilines is 3. The molecule has 5 rings (SSSR count). The molecule has 0 spiro atoms. The fourth-order valence-electron chi connectivity index (χ4n) is 4.83. The zero-order chi connectivity index (χ0) is 28.3. The van der Waals surface area contributed by atoms with Crippen molar-refractivity contribution in [2.45, 2.75) is 31.9 Å². The maximum absolute atomic E-state index is 14.1. The van der Waals surface area contributed by atoms with Crippen LogP contribution in [-0.4, -0.2) is 50.9 Å². The highest BCUT2D eigenvalue weighted by Crippen LogP contribution is 2.36. The van der Waals surface area contributed by atoms with Crippen molar-refractivity contribution in [1.82, 2.24) is 24.8 Å². The topological polar surface area (TPSA) is 95.9 Å². The number of carbonyl (C=O) groups is 1. The summed E-state index contributed by atoms with van der Waals surface area (Å²) in [5.74, 6) is -0.588. The summed E-state index contributed by atoms with van der Waals surface area (Å²) in [6.07, 6.45) is 3.39. The van der Waals surface area contributed by atoms with Gasteiger partial charge in [-0.25, -0.2) is 9.97 Å². The standard InChI is InChI=1S/C29H28F3N7O/c1-18-26(38-28-34-11-9-25(37-28)20-5-3-10-33-15-20)14-22(16-35-18)36-27(40)23-8-7-19(13-24(23)29(30,31)32)21-6-4-12-39(2)17-21/h3,5,7-11,13-16,21H,4,6,12,17H2,1-2H3,(H,36,40)(H,34,37,38). The van der Waals surface area contributed by atoms with Gasteiger partial charge in [-0.05, 0) is 81.2 Å². The van der Waals surface area contributed by atoms with Crippen LogP contribution in [0.4, 0.5) is 30.5 Å². The molecule has 206 valence electrons. The summed E-state index contributed by atoms with van der Waals surface area (Å²) >= 11 is 0. The molecule has 0 aliphatic carbocycles. The Bertz CT molecular complexity index is 1510. The maximum atomic E-state index is 14.1. The van der Waals surface area contributed by atoms with E-state index in [-0.39, 0.29) is 17.6 Å². The number of likely N-dealkylation sites (N-methyl/N-ethyl adjacent to an activating group) is 1. The van der Waals surface area contributed by atoms with Gasteiger partial charge in [0, 0.05) is 30.7 Å². The Kier molecular flexibility index (Phi) is 7.74. The van der Waals surface area contributed by atoms with Crippen molar-refractivity contribution >= 4 is 23.2 Å². The largest absolute Gasteiger partial charge is 0.417 e. The third-order valence-electron chi connectivity index (χ3n) is 6.89. The molecule has 4 heterocycles. The van der Waals surface area contributed by atoms with Gasteiger partial charge in [0.15, 0.2) is 0 Å². The van der Waals surface area contributed by atoms with E-state index in [1.54, 1.807) is 49.8 Å². The molecule has 1 atom stereocenters. The molecule has 1 fully saturated rings. The third kappa shape index (κ3) is 6.26. The molecule has 1 aliphatic rings. The summed E-state index contributed by atoms with van der Waals surface area (Å²) in [6, 6.07) is 11.0. The van der Waals surface area contributed by atoms with Gasteiger partial charge < -0.3 is 15.5 Å². The maximum Gasteiger partial charge on any atom is 0.417 e. The molecule has 1 aliphatic heterocycles. The van der Waals surface area contributed by atoms with Crippen LogP contribution in [0.1, 0.15) is 45.9 Å². The number of nitrogens with one attached hydrogen (secondary N) is 2. The minimum absolute atomic E-state index is 0.00855. The highest BCUT2D eigenvalue weighted by Gasteiger charge is 2.36. The Morgan fingerprint density at radius 1 is 1.07 bits per heavy atom. The molecule has 0 saturated carbocycles. The molecule has 1 unspecified atom stereocenters. The molecule has 2 N–H and O–H groups in total. The number of aryl methyl sites for hydroxylation is 1. The molecule has 40 heavy (non-hydrogen) atoms. The molecule has 8 nitrogen and oxygen atoms in total. The number of likely N-dealkylation sites (tertiary alicyclic amines) is 1. The summed E-state index contributed by atoms with van der Waals surface area (Å²) < 4.78 is 42.2. The predicted octanol–water partition coefficient (Wildman–Crippen LogP) is 6.07. The van der Waals surface area contributed by atoms with E-state index in [9.17, 15) is 18.0 Å². The van der Waals surface area contributed by atoms with Crippen molar-refractivity contribution < 1.29 is 18.0 Å².